The van der Waals surface area contributed by atoms with E-state index in [1.165, 1.54) is 34.7 Å². The molecular formula is C46H48N5Na2O8P. The smallest absolute Gasteiger partial charge is 0.780 e. The Morgan fingerprint density at radius 1 is 0.823 bits per heavy atom. The Labute approximate surface area is 406 Å². The van der Waals surface area contributed by atoms with Crippen LogP contribution in [0.15, 0.2) is 97.1 Å². The third kappa shape index (κ3) is 10.7. The number of benzene rings is 4. The van der Waals surface area contributed by atoms with Crippen LogP contribution in [-0.4, -0.2) is 89.5 Å². The molecule has 1 fully saturated rings. The van der Waals surface area contributed by atoms with Crippen molar-refractivity contribution in [2.24, 2.45) is 7.05 Å². The molecule has 0 N–H and O–H groups in total. The van der Waals surface area contributed by atoms with Crippen LogP contribution in [0.2, 0.25) is 0 Å². The molecule has 1 aromatic heterocycles. The van der Waals surface area contributed by atoms with Crippen LogP contribution in [0.25, 0.3) is 11.3 Å². The summed E-state index contributed by atoms with van der Waals surface area (Å²) in [7, 11) is -1.75. The SMILES string of the molecule is Cc1c(C(=O)N(C)c2ccc(OP(=O)([O-])[O-])cc2)cc(-c2cc3c(cc2C(=O)N2Cc4ccccc4C[C@H]2CN2CCOCC2)CN(C(=O)Cc2ccccc2)CC3)n1C.[Na+].[Na+]. The quantitative estimate of drug-likeness (QED) is 0.121. The van der Waals surface area contributed by atoms with Crippen molar-refractivity contribution in [2.45, 2.75) is 45.3 Å². The van der Waals surface area contributed by atoms with Gasteiger partial charge in [-0.05, 0) is 90.0 Å². The summed E-state index contributed by atoms with van der Waals surface area (Å²) in [6.07, 6.45) is 1.63. The molecule has 1 atom stereocenters. The Kier molecular flexibility index (Phi) is 15.9. The van der Waals surface area contributed by atoms with Crippen LogP contribution in [-0.2, 0) is 53.5 Å². The van der Waals surface area contributed by atoms with E-state index in [-0.39, 0.29) is 88.6 Å². The van der Waals surface area contributed by atoms with Gasteiger partial charge >= 0.3 is 59.1 Å². The zero-order valence-corrected chi connectivity index (χ0v) is 40.9. The molecule has 13 nitrogen and oxygen atoms in total. The number of amides is 3. The molecule has 3 aliphatic rings. The Bertz CT molecular complexity index is 2470. The number of ether oxygens (including phenoxy) is 1. The first-order chi connectivity index (χ1) is 28.8. The monoisotopic (exact) mass is 875 g/mol. The van der Waals surface area contributed by atoms with Gasteiger partial charge in [-0.15, -0.1) is 0 Å². The van der Waals surface area contributed by atoms with E-state index in [4.69, 9.17) is 4.74 Å². The minimum Gasteiger partial charge on any atom is -0.780 e. The summed E-state index contributed by atoms with van der Waals surface area (Å²) >= 11 is 0. The molecule has 16 heteroatoms. The molecular weight excluding hydrogens is 827 g/mol. The molecule has 1 saturated heterocycles. The molecule has 4 aromatic carbocycles. The van der Waals surface area contributed by atoms with Gasteiger partial charge in [0.15, 0.2) is 0 Å². The summed E-state index contributed by atoms with van der Waals surface area (Å²) < 4.78 is 23.2. The molecule has 0 aliphatic carbocycles. The molecule has 8 rings (SSSR count). The van der Waals surface area contributed by atoms with E-state index < -0.39 is 7.82 Å². The van der Waals surface area contributed by atoms with Crippen LogP contribution in [0.4, 0.5) is 5.69 Å². The van der Waals surface area contributed by atoms with E-state index >= 15 is 4.79 Å². The number of hydrogen-bond donors (Lipinski definition) is 0. The summed E-state index contributed by atoms with van der Waals surface area (Å²) in [5.41, 5.74) is 8.76. The number of aromatic nitrogens is 1. The number of nitrogens with zero attached hydrogens (tertiary/aromatic N) is 5. The van der Waals surface area contributed by atoms with Gasteiger partial charge in [0.05, 0.1) is 25.2 Å². The van der Waals surface area contributed by atoms with Gasteiger partial charge in [-0.2, -0.15) is 0 Å². The normalized spacial score (nSPS) is 16.3. The third-order valence-corrected chi connectivity index (χ3v) is 12.5. The second-order valence-corrected chi connectivity index (χ2v) is 16.9. The van der Waals surface area contributed by atoms with Crippen molar-refractivity contribution in [3.63, 3.8) is 0 Å². The number of morpholine rings is 1. The fraction of sp³-hybridized carbons (Fsp3) is 0.326. The Morgan fingerprint density at radius 3 is 2.19 bits per heavy atom. The van der Waals surface area contributed by atoms with E-state index in [0.717, 1.165) is 41.8 Å². The van der Waals surface area contributed by atoms with E-state index in [1.807, 2.05) is 82.9 Å². The fourth-order valence-electron chi connectivity index (χ4n) is 8.65. The predicted octanol–water partition coefficient (Wildman–Crippen LogP) is -1.48. The molecule has 0 bridgehead atoms. The average Bonchev–Trinajstić information content (AvgIpc) is 3.55. The number of carbonyl (C=O) groups is 3. The second-order valence-electron chi connectivity index (χ2n) is 15.9. The number of phosphoric acid groups is 1. The molecule has 312 valence electrons. The largest absolute Gasteiger partial charge is 1.00 e. The minimum atomic E-state index is -5.24. The van der Waals surface area contributed by atoms with Crippen molar-refractivity contribution in [2.75, 3.05) is 51.3 Å². The number of hydrogen-bond acceptors (Lipinski definition) is 9. The second kappa shape index (κ2) is 20.5. The molecule has 3 aliphatic heterocycles. The maximum Gasteiger partial charge on any atom is 1.00 e. The van der Waals surface area contributed by atoms with Gasteiger partial charge in [0.25, 0.3) is 11.8 Å². The van der Waals surface area contributed by atoms with Gasteiger partial charge in [0.2, 0.25) is 5.91 Å². The van der Waals surface area contributed by atoms with Gasteiger partial charge in [-0.25, -0.2) is 0 Å². The van der Waals surface area contributed by atoms with E-state index in [0.29, 0.717) is 86.0 Å². The number of fused-ring (bicyclic) bond motifs is 2. The number of phosphoric ester groups is 1. The first-order valence-corrected chi connectivity index (χ1v) is 21.7. The van der Waals surface area contributed by atoms with Crippen molar-refractivity contribution >= 4 is 31.2 Å². The fourth-order valence-corrected chi connectivity index (χ4v) is 9.03. The van der Waals surface area contributed by atoms with E-state index in [1.54, 1.807) is 7.05 Å². The number of anilines is 1. The number of rotatable bonds is 10. The van der Waals surface area contributed by atoms with Crippen LogP contribution >= 0.6 is 7.82 Å². The topological polar surface area (TPSA) is 151 Å². The summed E-state index contributed by atoms with van der Waals surface area (Å²) in [4.78, 5) is 73.1. The first-order valence-electron chi connectivity index (χ1n) is 20.2. The summed E-state index contributed by atoms with van der Waals surface area (Å²) in [6.45, 7) is 6.85. The van der Waals surface area contributed by atoms with Crippen molar-refractivity contribution in [3.8, 4) is 17.0 Å². The molecule has 0 unspecified atom stereocenters. The Hall–Kier alpha value is -3.56. The minimum absolute atomic E-state index is 0. The third-order valence-electron chi connectivity index (χ3n) is 12.1. The molecule has 5 aromatic rings. The Morgan fingerprint density at radius 2 is 1.50 bits per heavy atom. The molecule has 0 radical (unpaired) electrons. The van der Waals surface area contributed by atoms with Gasteiger partial charge in [-0.3, -0.25) is 19.3 Å². The summed E-state index contributed by atoms with van der Waals surface area (Å²) in [5.74, 6) is -0.549. The predicted molar refractivity (Wildman–Crippen MR) is 223 cm³/mol. The zero-order valence-electron chi connectivity index (χ0n) is 36.0. The van der Waals surface area contributed by atoms with Crippen molar-refractivity contribution in [1.82, 2.24) is 19.3 Å². The first kappa shape index (κ1) is 47.9. The van der Waals surface area contributed by atoms with Crippen molar-refractivity contribution in [1.29, 1.82) is 0 Å². The van der Waals surface area contributed by atoms with Crippen LogP contribution in [0, 0.1) is 6.92 Å². The molecule has 0 spiro atoms. The van der Waals surface area contributed by atoms with E-state index in [2.05, 4.69) is 27.6 Å². The molecule has 3 amide bonds. The zero-order chi connectivity index (χ0) is 42.1. The summed E-state index contributed by atoms with van der Waals surface area (Å²) in [5, 5.41) is 0. The summed E-state index contributed by atoms with van der Waals surface area (Å²) in [6, 6.07) is 29.4. The van der Waals surface area contributed by atoms with Gasteiger partial charge < -0.3 is 42.9 Å². The standard InChI is InChI=1S/C46H50N5O8P.2Na/c1-31-40(45(53)48(3)37-13-15-39(16-14-37)59-60(55,56)57)27-43(47(31)2)41-25-34-17-18-50(44(52)23-32-9-5-4-6-10-32)28-36(34)26-42(41)46(54)51-29-35-12-8-7-11-33(35)24-38(51)30-49-19-21-58-22-20-49;;/h4-16,25-27,38H,17-24,28-30H2,1-3H3,(H2,55,56,57);;/q;2*+1/p-2/t38-;;/m0../s1. The van der Waals surface area contributed by atoms with Gasteiger partial charge in [0, 0.05) is 87.6 Å². The van der Waals surface area contributed by atoms with Crippen LogP contribution in [0.1, 0.15) is 54.2 Å². The van der Waals surface area contributed by atoms with Crippen LogP contribution in [0.5, 0.6) is 5.75 Å². The molecule has 62 heavy (non-hydrogen) atoms. The van der Waals surface area contributed by atoms with Gasteiger partial charge in [0.1, 0.15) is 13.6 Å². The van der Waals surface area contributed by atoms with Crippen LogP contribution in [0.3, 0.4) is 0 Å². The molecule has 4 heterocycles. The van der Waals surface area contributed by atoms with Crippen molar-refractivity contribution < 1.29 is 97.1 Å². The van der Waals surface area contributed by atoms with E-state index in [9.17, 15) is 23.9 Å². The Balaban J connectivity index is 0.00000321. The number of carbonyl (C=O) groups excluding carboxylic acids is 3. The van der Waals surface area contributed by atoms with Crippen molar-refractivity contribution in [3.05, 3.63) is 142 Å². The van der Waals surface area contributed by atoms with Gasteiger partial charge in [-0.1, -0.05) is 54.6 Å². The molecule has 0 saturated carbocycles. The average molecular weight is 876 g/mol. The maximum absolute atomic E-state index is 15.4. The van der Waals surface area contributed by atoms with Crippen LogP contribution < -0.4 is 78.3 Å². The maximum atomic E-state index is 15.4.